The van der Waals surface area contributed by atoms with Crippen molar-refractivity contribution in [2.24, 2.45) is 11.1 Å². The minimum Gasteiger partial charge on any atom is -0.352 e. The summed E-state index contributed by atoms with van der Waals surface area (Å²) in [5, 5.41) is 2.80. The Balaban J connectivity index is 2.61. The van der Waals surface area contributed by atoms with Gasteiger partial charge in [-0.25, -0.2) is 0 Å². The van der Waals surface area contributed by atoms with E-state index < -0.39 is 5.41 Å². The molecule has 110 valence electrons. The van der Waals surface area contributed by atoms with Crippen LogP contribution in [0.1, 0.15) is 46.0 Å². The molecule has 1 fully saturated rings. The summed E-state index contributed by atoms with van der Waals surface area (Å²) in [7, 11) is 1.69. The fourth-order valence-electron chi connectivity index (χ4n) is 2.79. The quantitative estimate of drug-likeness (QED) is 0.778. The van der Waals surface area contributed by atoms with E-state index in [-0.39, 0.29) is 24.4 Å². The SMILES string of the molecule is CC(C)NC(=O)CN(C)C(=O)C1(CN)CCCCC1. The molecular weight excluding hydrogens is 242 g/mol. The lowest BCUT2D eigenvalue weighted by atomic mass is 9.73. The molecule has 0 aromatic heterocycles. The van der Waals surface area contributed by atoms with Crippen LogP contribution in [0.15, 0.2) is 0 Å². The Morgan fingerprint density at radius 1 is 1.26 bits per heavy atom. The van der Waals surface area contributed by atoms with Gasteiger partial charge in [-0.3, -0.25) is 9.59 Å². The predicted molar refractivity (Wildman–Crippen MR) is 75.5 cm³/mol. The molecule has 0 atom stereocenters. The van der Waals surface area contributed by atoms with E-state index in [4.69, 9.17) is 5.73 Å². The lowest BCUT2D eigenvalue weighted by molar-refractivity contribution is -0.145. The molecule has 0 aliphatic heterocycles. The lowest BCUT2D eigenvalue weighted by Crippen LogP contribution is -2.50. The standard InChI is InChI=1S/C14H27N3O2/c1-11(2)16-12(18)9-17(3)13(19)14(10-15)7-5-4-6-8-14/h11H,4-10,15H2,1-3H3,(H,16,18). The molecular formula is C14H27N3O2. The average Bonchev–Trinajstić information content (AvgIpc) is 2.37. The van der Waals surface area contributed by atoms with Crippen LogP contribution in [0, 0.1) is 5.41 Å². The summed E-state index contributed by atoms with van der Waals surface area (Å²) in [5.74, 6) is -0.0950. The van der Waals surface area contributed by atoms with Gasteiger partial charge in [0.05, 0.1) is 12.0 Å². The highest BCUT2D eigenvalue weighted by molar-refractivity contribution is 5.88. The highest BCUT2D eigenvalue weighted by atomic mass is 16.2. The minimum atomic E-state index is -0.439. The van der Waals surface area contributed by atoms with E-state index >= 15 is 0 Å². The zero-order valence-corrected chi connectivity index (χ0v) is 12.4. The van der Waals surface area contributed by atoms with Gasteiger partial charge in [-0.05, 0) is 26.7 Å². The number of rotatable bonds is 5. The van der Waals surface area contributed by atoms with Crippen LogP contribution in [-0.2, 0) is 9.59 Å². The second-order valence-corrected chi connectivity index (χ2v) is 5.93. The van der Waals surface area contributed by atoms with Gasteiger partial charge in [0.2, 0.25) is 11.8 Å². The second kappa shape index (κ2) is 6.89. The Kier molecular flexibility index (Phi) is 5.79. The number of amides is 2. The molecule has 3 N–H and O–H groups in total. The smallest absolute Gasteiger partial charge is 0.239 e. The Bertz CT molecular complexity index is 323. The van der Waals surface area contributed by atoms with E-state index in [1.165, 1.54) is 11.3 Å². The lowest BCUT2D eigenvalue weighted by Gasteiger charge is -2.37. The molecule has 0 spiro atoms. The van der Waals surface area contributed by atoms with Gasteiger partial charge in [0.25, 0.3) is 0 Å². The van der Waals surface area contributed by atoms with Crippen molar-refractivity contribution < 1.29 is 9.59 Å². The summed E-state index contributed by atoms with van der Waals surface area (Å²) in [6.07, 6.45) is 4.97. The number of hydrogen-bond acceptors (Lipinski definition) is 3. The van der Waals surface area contributed by atoms with E-state index in [9.17, 15) is 9.59 Å². The summed E-state index contributed by atoms with van der Waals surface area (Å²) in [4.78, 5) is 25.8. The summed E-state index contributed by atoms with van der Waals surface area (Å²) in [5.41, 5.74) is 5.40. The molecule has 1 aliphatic carbocycles. The van der Waals surface area contributed by atoms with Gasteiger partial charge in [-0.1, -0.05) is 19.3 Å². The largest absolute Gasteiger partial charge is 0.352 e. The first-order valence-corrected chi connectivity index (χ1v) is 7.16. The van der Waals surface area contributed by atoms with Gasteiger partial charge in [-0.15, -0.1) is 0 Å². The van der Waals surface area contributed by atoms with Gasteiger partial charge in [0.1, 0.15) is 0 Å². The summed E-state index contributed by atoms with van der Waals surface area (Å²) in [6, 6.07) is 0.0918. The highest BCUT2D eigenvalue weighted by Gasteiger charge is 2.40. The fraction of sp³-hybridized carbons (Fsp3) is 0.857. The normalized spacial score (nSPS) is 18.2. The molecule has 2 amide bonds. The third kappa shape index (κ3) is 4.20. The van der Waals surface area contributed by atoms with Crippen LogP contribution in [0.5, 0.6) is 0 Å². The summed E-state index contributed by atoms with van der Waals surface area (Å²) >= 11 is 0. The molecule has 1 aliphatic rings. The summed E-state index contributed by atoms with van der Waals surface area (Å²) in [6.45, 7) is 4.30. The molecule has 0 aromatic carbocycles. The van der Waals surface area contributed by atoms with Crippen LogP contribution < -0.4 is 11.1 Å². The van der Waals surface area contributed by atoms with Crippen molar-refractivity contribution in [1.82, 2.24) is 10.2 Å². The number of hydrogen-bond donors (Lipinski definition) is 2. The molecule has 0 saturated heterocycles. The van der Waals surface area contributed by atoms with E-state index in [2.05, 4.69) is 5.32 Å². The van der Waals surface area contributed by atoms with Crippen LogP contribution in [0.4, 0.5) is 0 Å². The molecule has 0 aromatic rings. The molecule has 1 saturated carbocycles. The maximum absolute atomic E-state index is 12.5. The van der Waals surface area contributed by atoms with Crippen LogP contribution in [0.2, 0.25) is 0 Å². The van der Waals surface area contributed by atoms with Crippen molar-refractivity contribution in [3.8, 4) is 0 Å². The Labute approximate surface area is 115 Å². The number of carbonyl (C=O) groups is 2. The average molecular weight is 269 g/mol. The number of nitrogens with zero attached hydrogens (tertiary/aromatic N) is 1. The van der Waals surface area contributed by atoms with E-state index in [1.807, 2.05) is 13.8 Å². The van der Waals surface area contributed by atoms with Crippen molar-refractivity contribution in [2.75, 3.05) is 20.1 Å². The van der Waals surface area contributed by atoms with Crippen LogP contribution >= 0.6 is 0 Å². The molecule has 5 nitrogen and oxygen atoms in total. The molecule has 5 heteroatoms. The van der Waals surface area contributed by atoms with E-state index in [0.29, 0.717) is 6.54 Å². The third-order valence-electron chi connectivity index (χ3n) is 3.83. The number of nitrogens with two attached hydrogens (primary N) is 1. The monoisotopic (exact) mass is 269 g/mol. The second-order valence-electron chi connectivity index (χ2n) is 5.93. The molecule has 1 rings (SSSR count). The molecule has 0 heterocycles. The van der Waals surface area contributed by atoms with Crippen LogP contribution in [0.3, 0.4) is 0 Å². The Morgan fingerprint density at radius 3 is 2.32 bits per heavy atom. The minimum absolute atomic E-state index is 0.0219. The zero-order chi connectivity index (χ0) is 14.5. The third-order valence-corrected chi connectivity index (χ3v) is 3.83. The Hall–Kier alpha value is -1.10. The van der Waals surface area contributed by atoms with Gasteiger partial charge >= 0.3 is 0 Å². The zero-order valence-electron chi connectivity index (χ0n) is 12.4. The highest BCUT2D eigenvalue weighted by Crippen LogP contribution is 2.36. The van der Waals surface area contributed by atoms with Gasteiger partial charge in [-0.2, -0.15) is 0 Å². The molecule has 0 bridgehead atoms. The van der Waals surface area contributed by atoms with Crippen molar-refractivity contribution >= 4 is 11.8 Å². The van der Waals surface area contributed by atoms with Crippen LogP contribution in [-0.4, -0.2) is 42.9 Å². The van der Waals surface area contributed by atoms with Gasteiger partial charge in [0.15, 0.2) is 0 Å². The summed E-state index contributed by atoms with van der Waals surface area (Å²) < 4.78 is 0. The first-order valence-electron chi connectivity index (χ1n) is 7.16. The number of nitrogens with one attached hydrogen (secondary N) is 1. The van der Waals surface area contributed by atoms with Gasteiger partial charge in [0, 0.05) is 19.6 Å². The first kappa shape index (κ1) is 16.0. The fourth-order valence-corrected chi connectivity index (χ4v) is 2.79. The Morgan fingerprint density at radius 2 is 1.84 bits per heavy atom. The predicted octanol–water partition coefficient (Wildman–Crippen LogP) is 0.879. The van der Waals surface area contributed by atoms with Crippen molar-refractivity contribution in [2.45, 2.75) is 52.0 Å². The van der Waals surface area contributed by atoms with E-state index in [0.717, 1.165) is 25.7 Å². The maximum atomic E-state index is 12.5. The van der Waals surface area contributed by atoms with Gasteiger partial charge < -0.3 is 16.0 Å². The van der Waals surface area contributed by atoms with Crippen molar-refractivity contribution in [1.29, 1.82) is 0 Å². The molecule has 19 heavy (non-hydrogen) atoms. The number of carbonyl (C=O) groups excluding carboxylic acids is 2. The molecule has 0 unspecified atom stereocenters. The van der Waals surface area contributed by atoms with Crippen molar-refractivity contribution in [3.63, 3.8) is 0 Å². The topological polar surface area (TPSA) is 75.4 Å². The number of likely N-dealkylation sites (N-methyl/N-ethyl adjacent to an activating group) is 1. The van der Waals surface area contributed by atoms with E-state index in [1.54, 1.807) is 7.05 Å². The first-order chi connectivity index (χ1) is 8.91. The van der Waals surface area contributed by atoms with Crippen LogP contribution in [0.25, 0.3) is 0 Å². The van der Waals surface area contributed by atoms with Crippen molar-refractivity contribution in [3.05, 3.63) is 0 Å². The maximum Gasteiger partial charge on any atom is 0.239 e. The molecule has 0 radical (unpaired) electrons.